The molecule has 2 rings (SSSR count). The van der Waals surface area contributed by atoms with Crippen LogP contribution in [0.15, 0.2) is 48.5 Å². The first-order valence-corrected chi connectivity index (χ1v) is 8.81. The van der Waals surface area contributed by atoms with Crippen LogP contribution in [-0.4, -0.2) is 34.7 Å². The minimum Gasteiger partial charge on any atom is -0.508 e. The van der Waals surface area contributed by atoms with Crippen LogP contribution in [0.2, 0.25) is 0 Å². The van der Waals surface area contributed by atoms with Crippen LogP contribution in [0, 0.1) is 0 Å². The predicted octanol–water partition coefficient (Wildman–Crippen LogP) is 4.53. The standard InChI is InChI=1S/C21H29NO2/c1-4-14-22(15-5-2)16-21(3,17-6-10-19(23)11-7-17)18-8-12-20(24)13-9-18/h6-13,23-24H,4-5,14-16H2,1-3H3. The van der Waals surface area contributed by atoms with E-state index in [-0.39, 0.29) is 16.9 Å². The lowest BCUT2D eigenvalue weighted by Crippen LogP contribution is -2.40. The van der Waals surface area contributed by atoms with Gasteiger partial charge in [-0.2, -0.15) is 0 Å². The Balaban J connectivity index is 2.43. The van der Waals surface area contributed by atoms with E-state index in [0.29, 0.717) is 0 Å². The quantitative estimate of drug-likeness (QED) is 0.749. The van der Waals surface area contributed by atoms with Crippen molar-refractivity contribution in [2.75, 3.05) is 19.6 Å². The highest BCUT2D eigenvalue weighted by Gasteiger charge is 2.31. The minimum atomic E-state index is -0.203. The second-order valence-corrected chi connectivity index (χ2v) is 6.70. The monoisotopic (exact) mass is 327 g/mol. The third-order valence-corrected chi connectivity index (χ3v) is 4.63. The second-order valence-electron chi connectivity index (χ2n) is 6.70. The van der Waals surface area contributed by atoms with Crippen LogP contribution in [-0.2, 0) is 5.41 Å². The van der Waals surface area contributed by atoms with Crippen molar-refractivity contribution in [2.45, 2.75) is 39.0 Å². The van der Waals surface area contributed by atoms with Crippen LogP contribution < -0.4 is 0 Å². The average Bonchev–Trinajstić information content (AvgIpc) is 2.56. The molecule has 0 fully saturated rings. The Labute approximate surface area is 145 Å². The lowest BCUT2D eigenvalue weighted by molar-refractivity contribution is 0.233. The molecule has 2 aromatic rings. The topological polar surface area (TPSA) is 43.7 Å². The Kier molecular flexibility index (Phi) is 6.27. The van der Waals surface area contributed by atoms with E-state index < -0.39 is 0 Å². The van der Waals surface area contributed by atoms with Crippen LogP contribution in [0.4, 0.5) is 0 Å². The van der Waals surface area contributed by atoms with Crippen LogP contribution in [0.3, 0.4) is 0 Å². The molecule has 2 N–H and O–H groups in total. The first-order chi connectivity index (χ1) is 11.5. The van der Waals surface area contributed by atoms with Crippen molar-refractivity contribution in [3.63, 3.8) is 0 Å². The summed E-state index contributed by atoms with van der Waals surface area (Å²) in [6, 6.07) is 15.0. The number of hydrogen-bond acceptors (Lipinski definition) is 3. The number of hydrogen-bond donors (Lipinski definition) is 2. The maximum Gasteiger partial charge on any atom is 0.115 e. The van der Waals surface area contributed by atoms with Gasteiger partial charge in [-0.15, -0.1) is 0 Å². The molecule has 0 bridgehead atoms. The van der Waals surface area contributed by atoms with E-state index in [1.807, 2.05) is 24.3 Å². The summed E-state index contributed by atoms with van der Waals surface area (Å²) in [5, 5.41) is 19.3. The molecule has 0 saturated carbocycles. The maximum atomic E-state index is 9.64. The first kappa shape index (κ1) is 18.3. The molecule has 130 valence electrons. The maximum absolute atomic E-state index is 9.64. The van der Waals surface area contributed by atoms with Gasteiger partial charge in [0.15, 0.2) is 0 Å². The van der Waals surface area contributed by atoms with Crippen molar-refractivity contribution in [1.82, 2.24) is 4.90 Å². The van der Waals surface area contributed by atoms with Crippen molar-refractivity contribution in [3.8, 4) is 11.5 Å². The molecule has 24 heavy (non-hydrogen) atoms. The molecule has 0 amide bonds. The zero-order valence-electron chi connectivity index (χ0n) is 15.0. The van der Waals surface area contributed by atoms with Gasteiger partial charge in [0.2, 0.25) is 0 Å². The smallest absolute Gasteiger partial charge is 0.115 e. The molecular formula is C21H29NO2. The summed E-state index contributed by atoms with van der Waals surface area (Å²) in [5.74, 6) is 0.566. The zero-order valence-corrected chi connectivity index (χ0v) is 15.0. The molecular weight excluding hydrogens is 298 g/mol. The van der Waals surface area contributed by atoms with Crippen LogP contribution in [0.25, 0.3) is 0 Å². The number of phenolic OH excluding ortho intramolecular Hbond substituents is 2. The number of aromatic hydroxyl groups is 2. The van der Waals surface area contributed by atoms with Crippen LogP contribution >= 0.6 is 0 Å². The highest BCUT2D eigenvalue weighted by atomic mass is 16.3. The Morgan fingerprint density at radius 3 is 1.46 bits per heavy atom. The summed E-state index contributed by atoms with van der Waals surface area (Å²) in [7, 11) is 0. The van der Waals surface area contributed by atoms with Gasteiger partial charge in [-0.25, -0.2) is 0 Å². The molecule has 0 atom stereocenters. The van der Waals surface area contributed by atoms with Crippen molar-refractivity contribution in [1.29, 1.82) is 0 Å². The van der Waals surface area contributed by atoms with Gasteiger partial charge in [0.05, 0.1) is 0 Å². The van der Waals surface area contributed by atoms with Crippen molar-refractivity contribution >= 4 is 0 Å². The molecule has 3 heteroatoms. The highest BCUT2D eigenvalue weighted by Crippen LogP contribution is 2.34. The summed E-state index contributed by atoms with van der Waals surface area (Å²) in [5.41, 5.74) is 2.14. The molecule has 0 aliphatic carbocycles. The average molecular weight is 327 g/mol. The molecule has 0 aliphatic heterocycles. The van der Waals surface area contributed by atoms with E-state index in [2.05, 4.69) is 25.7 Å². The van der Waals surface area contributed by atoms with Crippen molar-refractivity contribution < 1.29 is 10.2 Å². The van der Waals surface area contributed by atoms with Gasteiger partial charge in [-0.1, -0.05) is 45.0 Å². The van der Waals surface area contributed by atoms with Crippen molar-refractivity contribution in [2.24, 2.45) is 0 Å². The predicted molar refractivity (Wildman–Crippen MR) is 99.7 cm³/mol. The van der Waals surface area contributed by atoms with Gasteiger partial charge < -0.3 is 15.1 Å². The lowest BCUT2D eigenvalue weighted by Gasteiger charge is -2.36. The summed E-state index contributed by atoms with van der Waals surface area (Å²) < 4.78 is 0. The Morgan fingerprint density at radius 1 is 0.750 bits per heavy atom. The van der Waals surface area contributed by atoms with Gasteiger partial charge in [0.1, 0.15) is 11.5 Å². The first-order valence-electron chi connectivity index (χ1n) is 8.81. The van der Waals surface area contributed by atoms with Gasteiger partial charge in [0.25, 0.3) is 0 Å². The van der Waals surface area contributed by atoms with Crippen LogP contribution in [0.1, 0.15) is 44.7 Å². The SMILES string of the molecule is CCCN(CCC)CC(C)(c1ccc(O)cc1)c1ccc(O)cc1. The summed E-state index contributed by atoms with van der Waals surface area (Å²) in [6.45, 7) is 9.70. The van der Waals surface area contributed by atoms with E-state index in [0.717, 1.165) is 32.5 Å². The minimum absolute atomic E-state index is 0.203. The molecule has 0 heterocycles. The number of phenols is 2. The third-order valence-electron chi connectivity index (χ3n) is 4.63. The second kappa shape index (κ2) is 8.20. The van der Waals surface area contributed by atoms with E-state index in [1.165, 1.54) is 11.1 Å². The number of benzene rings is 2. The van der Waals surface area contributed by atoms with E-state index >= 15 is 0 Å². The molecule has 0 aromatic heterocycles. The highest BCUT2D eigenvalue weighted by molar-refractivity contribution is 5.42. The summed E-state index contributed by atoms with van der Waals surface area (Å²) in [4.78, 5) is 2.50. The van der Waals surface area contributed by atoms with Gasteiger partial charge in [-0.3, -0.25) is 0 Å². The fourth-order valence-corrected chi connectivity index (χ4v) is 3.36. The molecule has 0 saturated heterocycles. The molecule has 2 aromatic carbocycles. The van der Waals surface area contributed by atoms with Crippen LogP contribution in [0.5, 0.6) is 11.5 Å². The molecule has 0 unspecified atom stereocenters. The molecule has 3 nitrogen and oxygen atoms in total. The van der Waals surface area contributed by atoms with Gasteiger partial charge in [0, 0.05) is 12.0 Å². The normalized spacial score (nSPS) is 11.8. The van der Waals surface area contributed by atoms with E-state index in [4.69, 9.17) is 0 Å². The fourth-order valence-electron chi connectivity index (χ4n) is 3.36. The summed E-state index contributed by atoms with van der Waals surface area (Å²) in [6.07, 6.45) is 2.25. The Hall–Kier alpha value is -2.00. The molecule has 0 spiro atoms. The summed E-state index contributed by atoms with van der Waals surface area (Å²) >= 11 is 0. The Morgan fingerprint density at radius 2 is 1.12 bits per heavy atom. The fraction of sp³-hybridized carbons (Fsp3) is 0.429. The number of nitrogens with zero attached hydrogens (tertiary/aromatic N) is 1. The van der Waals surface area contributed by atoms with E-state index in [9.17, 15) is 10.2 Å². The van der Waals surface area contributed by atoms with Gasteiger partial charge >= 0.3 is 0 Å². The van der Waals surface area contributed by atoms with Gasteiger partial charge in [-0.05, 0) is 61.3 Å². The zero-order chi connectivity index (χ0) is 17.6. The third kappa shape index (κ3) is 4.30. The largest absolute Gasteiger partial charge is 0.508 e. The Bertz CT molecular complexity index is 568. The van der Waals surface area contributed by atoms with E-state index in [1.54, 1.807) is 24.3 Å². The lowest BCUT2D eigenvalue weighted by atomic mass is 9.75. The molecule has 0 aliphatic rings. The molecule has 0 radical (unpaired) electrons. The number of rotatable bonds is 8. The van der Waals surface area contributed by atoms with Crippen molar-refractivity contribution in [3.05, 3.63) is 59.7 Å².